The van der Waals surface area contributed by atoms with E-state index in [2.05, 4.69) is 30.2 Å². The average molecular weight is 897 g/mol. The Morgan fingerprint density at radius 1 is 0.985 bits per heavy atom. The summed E-state index contributed by atoms with van der Waals surface area (Å²) in [7, 11) is 0. The number of non-ortho nitro benzene ring substituents is 1. The summed E-state index contributed by atoms with van der Waals surface area (Å²) >= 11 is 0. The van der Waals surface area contributed by atoms with Crippen molar-refractivity contribution in [3.8, 4) is 11.5 Å². The molecule has 65 heavy (non-hydrogen) atoms. The largest absolute Gasteiger partial charge is 0.492 e. The normalized spacial score (nSPS) is 23.6. The second-order valence-electron chi connectivity index (χ2n) is 17.1. The first-order valence-electron chi connectivity index (χ1n) is 22.8. The molecule has 14 nitrogen and oxygen atoms in total. The first-order chi connectivity index (χ1) is 31.7. The first kappa shape index (κ1) is 47.4. The zero-order valence-electron chi connectivity index (χ0n) is 36.9. The van der Waals surface area contributed by atoms with Gasteiger partial charge in [0.15, 0.2) is 0 Å². The van der Waals surface area contributed by atoms with Crippen LogP contribution in [0.1, 0.15) is 74.0 Å². The van der Waals surface area contributed by atoms with Gasteiger partial charge in [0.1, 0.15) is 36.6 Å². The number of hydrogen-bond acceptors (Lipinski definition) is 12. The number of nitrogens with zero attached hydrogens (tertiary/aromatic N) is 4. The number of allylic oxidation sites excluding steroid dienone is 1. The molecule has 1 saturated heterocycles. The summed E-state index contributed by atoms with van der Waals surface area (Å²) in [6.45, 7) is 11.5. The zero-order valence-corrected chi connectivity index (χ0v) is 36.9. The number of nitro benzene ring substituents is 1. The molecule has 0 spiro atoms. The number of carbonyl (C=O) groups is 1. The lowest BCUT2D eigenvalue weighted by Crippen LogP contribution is -2.70. The van der Waals surface area contributed by atoms with Gasteiger partial charge in [-0.15, -0.1) is 13.2 Å². The van der Waals surface area contributed by atoms with Crippen molar-refractivity contribution in [2.75, 3.05) is 52.7 Å². The molecule has 1 amide bonds. The van der Waals surface area contributed by atoms with Crippen molar-refractivity contribution in [3.05, 3.63) is 136 Å². The molecule has 0 radical (unpaired) electrons. The van der Waals surface area contributed by atoms with Crippen LogP contribution in [-0.2, 0) is 27.5 Å². The maximum atomic E-state index is 14.7. The van der Waals surface area contributed by atoms with Crippen LogP contribution in [0.25, 0.3) is 0 Å². The van der Waals surface area contributed by atoms with Gasteiger partial charge < -0.3 is 34.0 Å². The van der Waals surface area contributed by atoms with Crippen molar-refractivity contribution >= 4 is 17.5 Å². The van der Waals surface area contributed by atoms with Gasteiger partial charge in [-0.2, -0.15) is 0 Å². The number of benzene rings is 3. The Kier molecular flexibility index (Phi) is 16.4. The smallest absolute Gasteiger partial charge is 0.410 e. The van der Waals surface area contributed by atoms with E-state index in [0.29, 0.717) is 54.2 Å². The summed E-state index contributed by atoms with van der Waals surface area (Å²) in [5.41, 5.74) is 3.60. The van der Waals surface area contributed by atoms with Crippen LogP contribution in [0, 0.1) is 33.7 Å². The number of halogens is 1. The summed E-state index contributed by atoms with van der Waals surface area (Å²) in [5.74, 6) is -1.58. The minimum atomic E-state index is -1.56. The monoisotopic (exact) mass is 896 g/mol. The van der Waals surface area contributed by atoms with Crippen LogP contribution in [0.15, 0.2) is 109 Å². The number of aliphatic hydroxyl groups is 2. The number of oxime groups is 1. The molecule has 1 saturated carbocycles. The van der Waals surface area contributed by atoms with Gasteiger partial charge in [-0.3, -0.25) is 19.9 Å². The van der Waals surface area contributed by atoms with Crippen LogP contribution >= 0.6 is 0 Å². The quantitative estimate of drug-likeness (QED) is 0.0276. The molecular weight excluding hydrogens is 836 g/mol. The van der Waals surface area contributed by atoms with E-state index in [9.17, 15) is 29.5 Å². The van der Waals surface area contributed by atoms with Crippen molar-refractivity contribution < 1.29 is 48.1 Å². The van der Waals surface area contributed by atoms with Gasteiger partial charge in [-0.05, 0) is 103 Å². The number of nitro groups is 1. The van der Waals surface area contributed by atoms with Crippen LogP contribution in [-0.4, -0.2) is 101 Å². The van der Waals surface area contributed by atoms with Gasteiger partial charge >= 0.3 is 6.09 Å². The number of carbonyl (C=O) groups excluding carboxylic acids is 1. The third kappa shape index (κ3) is 11.4. The van der Waals surface area contributed by atoms with Gasteiger partial charge in [0.05, 0.1) is 29.8 Å². The van der Waals surface area contributed by atoms with E-state index < -0.39 is 34.6 Å². The van der Waals surface area contributed by atoms with Crippen molar-refractivity contribution in [1.29, 1.82) is 0 Å². The highest BCUT2D eigenvalue weighted by atomic mass is 19.1. The summed E-state index contributed by atoms with van der Waals surface area (Å²) < 4.78 is 41.0. The summed E-state index contributed by atoms with van der Waals surface area (Å²) in [6.07, 6.45) is 9.73. The molecule has 2 fully saturated rings. The molecule has 6 atom stereocenters. The van der Waals surface area contributed by atoms with E-state index in [4.69, 9.17) is 28.9 Å². The molecule has 2 aliphatic heterocycles. The molecule has 3 aromatic rings. The van der Waals surface area contributed by atoms with E-state index in [1.54, 1.807) is 41.3 Å². The van der Waals surface area contributed by atoms with Gasteiger partial charge in [0.25, 0.3) is 5.69 Å². The molecule has 7 rings (SSSR count). The van der Waals surface area contributed by atoms with Crippen molar-refractivity contribution in [2.45, 2.75) is 82.3 Å². The fraction of sp³-hybridized carbons (Fsp3) is 0.480. The Labute approximate surface area is 380 Å². The van der Waals surface area contributed by atoms with Crippen molar-refractivity contribution in [3.63, 3.8) is 0 Å². The second-order valence-corrected chi connectivity index (χ2v) is 17.1. The lowest BCUT2D eigenvalue weighted by molar-refractivity contribution is -0.384. The maximum absolute atomic E-state index is 14.7. The molecule has 0 bridgehead atoms. The SMILES string of the molecule is C=CCCOC(=O)N(Cc1ccc(F)cc1)C1CC(=NOCc2ccc([N+](=O)[O-])cc2)C2=CC(CCCCO)C(CCCCO)C3c4cc(OCCN5CC5)ccc4OC1(OCC=C)C23. The number of unbranched alkanes of at least 4 members (excludes halogenated alkanes) is 2. The molecular formula is C50H61FN4O10. The predicted molar refractivity (Wildman–Crippen MR) is 243 cm³/mol. The standard InChI is InChI=1S/C50H61FN4O10/c1-3-5-28-62-49(58)54(33-35-12-16-38(51)17-13-35)46-32-44(52-64-34-36-14-18-39(19-15-36)55(59)60)42-30-37(10-6-8-25-56)41(11-7-9-26-57)47-43-31-40(61-29-24-53-22-23-53)20-21-45(43)65-50(46,48(42)47)63-27-4-2/h3-4,12-21,30-31,37,41,46-48,56-57H,1-2,5-11,22-29,32-34H2. The average Bonchev–Trinajstić information content (AvgIpc) is 4.14. The Hall–Kier alpha value is -5.61. The Bertz CT molecular complexity index is 2160. The van der Waals surface area contributed by atoms with E-state index >= 15 is 0 Å². The molecule has 348 valence electrons. The number of hydrogen-bond donors (Lipinski definition) is 2. The number of amides is 1. The third-order valence-corrected chi connectivity index (χ3v) is 12.8. The van der Waals surface area contributed by atoms with Crippen LogP contribution in [0.2, 0.25) is 0 Å². The van der Waals surface area contributed by atoms with E-state index in [1.807, 2.05) is 12.1 Å². The fourth-order valence-corrected chi connectivity index (χ4v) is 9.62. The summed E-state index contributed by atoms with van der Waals surface area (Å²) in [6, 6.07) is 17.0. The molecule has 15 heteroatoms. The Morgan fingerprint density at radius 2 is 1.72 bits per heavy atom. The first-order valence-corrected chi connectivity index (χ1v) is 22.8. The highest BCUT2D eigenvalue weighted by Gasteiger charge is 2.65. The van der Waals surface area contributed by atoms with E-state index in [1.165, 1.54) is 24.3 Å². The third-order valence-electron chi connectivity index (χ3n) is 12.8. The Balaban J connectivity index is 1.42. The van der Waals surface area contributed by atoms with E-state index in [0.717, 1.165) is 56.5 Å². The van der Waals surface area contributed by atoms with E-state index in [-0.39, 0.29) is 69.4 Å². The van der Waals surface area contributed by atoms with Crippen LogP contribution in [0.5, 0.6) is 11.5 Å². The molecule has 2 aliphatic carbocycles. The maximum Gasteiger partial charge on any atom is 0.410 e. The number of aliphatic hydroxyl groups excluding tert-OH is 2. The summed E-state index contributed by atoms with van der Waals surface area (Å²) in [4.78, 5) is 35.6. The summed E-state index contributed by atoms with van der Waals surface area (Å²) in [5, 5.41) is 36.2. The van der Waals surface area contributed by atoms with Crippen LogP contribution in [0.3, 0.4) is 0 Å². The Morgan fingerprint density at radius 3 is 2.42 bits per heavy atom. The number of fused-ring (bicyclic) bond motifs is 2. The minimum absolute atomic E-state index is 0.00222. The lowest BCUT2D eigenvalue weighted by atomic mass is 9.55. The van der Waals surface area contributed by atoms with Gasteiger partial charge in [0.2, 0.25) is 5.79 Å². The molecule has 3 aromatic carbocycles. The van der Waals surface area contributed by atoms with Crippen molar-refractivity contribution in [2.24, 2.45) is 22.9 Å². The fourth-order valence-electron chi connectivity index (χ4n) is 9.62. The van der Waals surface area contributed by atoms with Gasteiger partial charge in [-0.1, -0.05) is 48.4 Å². The second kappa shape index (κ2) is 22.5. The van der Waals surface area contributed by atoms with Crippen LogP contribution < -0.4 is 9.47 Å². The minimum Gasteiger partial charge on any atom is -0.492 e. The van der Waals surface area contributed by atoms with Gasteiger partial charge in [0, 0.05) is 69.4 Å². The van der Waals surface area contributed by atoms with Crippen molar-refractivity contribution in [1.82, 2.24) is 9.80 Å². The molecule has 2 heterocycles. The number of rotatable bonds is 25. The van der Waals surface area contributed by atoms with Gasteiger partial charge in [-0.25, -0.2) is 9.18 Å². The molecule has 6 unspecified atom stereocenters. The highest BCUT2D eigenvalue weighted by Crippen LogP contribution is 2.62. The lowest BCUT2D eigenvalue weighted by Gasteiger charge is -2.59. The molecule has 4 aliphatic rings. The molecule has 2 N–H and O–H groups in total. The topological polar surface area (TPSA) is 165 Å². The number of ether oxygens (including phenoxy) is 4. The predicted octanol–water partition coefficient (Wildman–Crippen LogP) is 8.48. The molecule has 0 aromatic heterocycles. The highest BCUT2D eigenvalue weighted by molar-refractivity contribution is 6.03. The van der Waals surface area contributed by atoms with Crippen LogP contribution in [0.4, 0.5) is 14.9 Å². The zero-order chi connectivity index (χ0) is 45.8.